The fourth-order valence-electron chi connectivity index (χ4n) is 3.85. The molecule has 8 heteroatoms. The van der Waals surface area contributed by atoms with Gasteiger partial charge in [-0.2, -0.15) is 4.31 Å². The molecule has 0 saturated carbocycles. The van der Waals surface area contributed by atoms with Crippen LogP contribution in [-0.4, -0.2) is 36.2 Å². The third kappa shape index (κ3) is 4.71. The van der Waals surface area contributed by atoms with Crippen molar-refractivity contribution in [1.82, 2.24) is 9.29 Å². The summed E-state index contributed by atoms with van der Waals surface area (Å²) in [5.74, 6) is -0.317. The molecule has 1 atom stereocenters. The van der Waals surface area contributed by atoms with E-state index in [0.29, 0.717) is 17.2 Å². The van der Waals surface area contributed by atoms with E-state index in [4.69, 9.17) is 0 Å². The second-order valence-electron chi connectivity index (χ2n) is 7.56. The quantitative estimate of drug-likeness (QED) is 0.566. The van der Waals surface area contributed by atoms with Crippen LogP contribution in [0.5, 0.6) is 0 Å². The molecule has 1 fully saturated rings. The van der Waals surface area contributed by atoms with Crippen molar-refractivity contribution in [3.8, 4) is 11.3 Å². The van der Waals surface area contributed by atoms with Crippen molar-refractivity contribution in [2.45, 2.75) is 43.5 Å². The van der Waals surface area contributed by atoms with Crippen LogP contribution in [0.3, 0.4) is 0 Å². The lowest BCUT2D eigenvalue weighted by atomic mass is 10.0. The van der Waals surface area contributed by atoms with Gasteiger partial charge < -0.3 is 0 Å². The normalized spacial score (nSPS) is 17.4. The number of sulfonamides is 1. The molecular weight excluding hydrogens is 430 g/mol. The third-order valence-corrected chi connectivity index (χ3v) is 8.29. The zero-order valence-electron chi connectivity index (χ0n) is 17.3. The Kier molecular flexibility index (Phi) is 6.50. The Bertz CT molecular complexity index is 1140. The lowest BCUT2D eigenvalue weighted by Crippen LogP contribution is -2.43. The average molecular weight is 456 g/mol. The number of nitrogens with zero attached hydrogens (tertiary/aromatic N) is 2. The molecule has 2 aromatic carbocycles. The van der Waals surface area contributed by atoms with Crippen LogP contribution in [-0.2, 0) is 10.0 Å². The first-order valence-corrected chi connectivity index (χ1v) is 12.7. The standard InChI is InChI=1S/C23H25N3O3S2/c1-2-19-10-6-7-15-26(19)31(28,29)20-13-11-18(12-14-20)22(27)25-23-24-21(16-30-23)17-8-4-3-5-9-17/h3-5,8-9,11-14,16,19H,2,6-7,10,15H2,1H3,(H,24,25,27). The van der Waals surface area contributed by atoms with Crippen molar-refractivity contribution in [3.05, 3.63) is 65.5 Å². The molecule has 0 aliphatic carbocycles. The van der Waals surface area contributed by atoms with Gasteiger partial charge in [-0.15, -0.1) is 11.3 Å². The molecule has 1 N–H and O–H groups in total. The molecule has 4 rings (SSSR count). The molecule has 0 radical (unpaired) electrons. The maximum absolute atomic E-state index is 13.1. The molecule has 1 amide bonds. The number of piperidine rings is 1. The van der Waals surface area contributed by atoms with Crippen molar-refractivity contribution in [2.24, 2.45) is 0 Å². The first-order valence-electron chi connectivity index (χ1n) is 10.4. The fraction of sp³-hybridized carbons (Fsp3) is 0.304. The highest BCUT2D eigenvalue weighted by Gasteiger charge is 2.32. The van der Waals surface area contributed by atoms with Crippen molar-refractivity contribution < 1.29 is 13.2 Å². The summed E-state index contributed by atoms with van der Waals surface area (Å²) in [7, 11) is -3.56. The number of amides is 1. The lowest BCUT2D eigenvalue weighted by Gasteiger charge is -2.34. The summed E-state index contributed by atoms with van der Waals surface area (Å²) in [5, 5.41) is 5.19. The van der Waals surface area contributed by atoms with E-state index in [0.717, 1.165) is 36.9 Å². The van der Waals surface area contributed by atoms with E-state index in [2.05, 4.69) is 10.3 Å². The summed E-state index contributed by atoms with van der Waals surface area (Å²) in [5.41, 5.74) is 2.17. The SMILES string of the molecule is CCC1CCCCN1S(=O)(=O)c1ccc(C(=O)Nc2nc(-c3ccccc3)cs2)cc1. The minimum Gasteiger partial charge on any atom is -0.298 e. The van der Waals surface area contributed by atoms with Crippen LogP contribution in [0.25, 0.3) is 11.3 Å². The number of aromatic nitrogens is 1. The lowest BCUT2D eigenvalue weighted by molar-refractivity contribution is 0.102. The highest BCUT2D eigenvalue weighted by Crippen LogP contribution is 2.28. The molecule has 1 aliphatic rings. The molecular formula is C23H25N3O3S2. The second-order valence-corrected chi connectivity index (χ2v) is 10.3. The van der Waals surface area contributed by atoms with E-state index in [1.165, 1.54) is 23.5 Å². The molecule has 1 unspecified atom stereocenters. The Morgan fingerprint density at radius 2 is 1.87 bits per heavy atom. The second kappa shape index (κ2) is 9.30. The monoisotopic (exact) mass is 455 g/mol. The highest BCUT2D eigenvalue weighted by molar-refractivity contribution is 7.89. The smallest absolute Gasteiger partial charge is 0.257 e. The summed E-state index contributed by atoms with van der Waals surface area (Å²) in [4.78, 5) is 17.3. The van der Waals surface area contributed by atoms with Crippen molar-refractivity contribution in [3.63, 3.8) is 0 Å². The summed E-state index contributed by atoms with van der Waals surface area (Å²) in [6, 6.07) is 15.9. The molecule has 1 aliphatic heterocycles. The number of carbonyl (C=O) groups excluding carboxylic acids is 1. The summed E-state index contributed by atoms with van der Waals surface area (Å²) < 4.78 is 27.8. The van der Waals surface area contributed by atoms with E-state index < -0.39 is 10.0 Å². The van der Waals surface area contributed by atoms with Gasteiger partial charge >= 0.3 is 0 Å². The van der Waals surface area contributed by atoms with Crippen LogP contribution < -0.4 is 5.32 Å². The van der Waals surface area contributed by atoms with Gasteiger partial charge in [0.15, 0.2) is 5.13 Å². The molecule has 162 valence electrons. The molecule has 1 saturated heterocycles. The summed E-state index contributed by atoms with van der Waals surface area (Å²) in [6.45, 7) is 2.57. The zero-order valence-corrected chi connectivity index (χ0v) is 19.0. The Morgan fingerprint density at radius 3 is 2.58 bits per heavy atom. The maximum Gasteiger partial charge on any atom is 0.257 e. The number of nitrogens with one attached hydrogen (secondary N) is 1. The van der Waals surface area contributed by atoms with Crippen molar-refractivity contribution >= 4 is 32.4 Å². The van der Waals surface area contributed by atoms with Gasteiger partial charge in [0, 0.05) is 29.1 Å². The molecule has 1 aromatic heterocycles. The third-order valence-electron chi connectivity index (χ3n) is 5.56. The number of hydrogen-bond acceptors (Lipinski definition) is 5. The van der Waals surface area contributed by atoms with Crippen molar-refractivity contribution in [1.29, 1.82) is 0 Å². The number of anilines is 1. The minimum absolute atomic E-state index is 0.0467. The van der Waals surface area contributed by atoms with Gasteiger partial charge in [-0.05, 0) is 43.5 Å². The van der Waals surface area contributed by atoms with Crippen LogP contribution >= 0.6 is 11.3 Å². The minimum atomic E-state index is -3.56. The average Bonchev–Trinajstić information content (AvgIpc) is 3.28. The summed E-state index contributed by atoms with van der Waals surface area (Å²) >= 11 is 1.35. The number of thiazole rings is 1. The van der Waals surface area contributed by atoms with Gasteiger partial charge in [-0.25, -0.2) is 13.4 Å². The molecule has 6 nitrogen and oxygen atoms in total. The van der Waals surface area contributed by atoms with E-state index in [-0.39, 0.29) is 16.8 Å². The van der Waals surface area contributed by atoms with Gasteiger partial charge in [0.1, 0.15) is 0 Å². The van der Waals surface area contributed by atoms with Crippen LogP contribution in [0.1, 0.15) is 43.0 Å². The van der Waals surface area contributed by atoms with Crippen LogP contribution in [0.2, 0.25) is 0 Å². The molecule has 31 heavy (non-hydrogen) atoms. The van der Waals surface area contributed by atoms with E-state index >= 15 is 0 Å². The van der Waals surface area contributed by atoms with Gasteiger partial charge in [0.05, 0.1) is 10.6 Å². The zero-order chi connectivity index (χ0) is 21.8. The number of hydrogen-bond donors (Lipinski definition) is 1. The Labute approximate surface area is 187 Å². The Hall–Kier alpha value is -2.55. The predicted octanol–water partition coefficient (Wildman–Crippen LogP) is 5.02. The first-order chi connectivity index (χ1) is 15.0. The largest absolute Gasteiger partial charge is 0.298 e. The van der Waals surface area contributed by atoms with Gasteiger partial charge in [-0.1, -0.05) is 43.7 Å². The van der Waals surface area contributed by atoms with E-state index in [9.17, 15) is 13.2 Å². The molecule has 0 spiro atoms. The first kappa shape index (κ1) is 21.7. The highest BCUT2D eigenvalue weighted by atomic mass is 32.2. The van der Waals surface area contributed by atoms with Gasteiger partial charge in [0.2, 0.25) is 10.0 Å². The van der Waals surface area contributed by atoms with Gasteiger partial charge in [-0.3, -0.25) is 10.1 Å². The number of carbonyl (C=O) groups is 1. The number of benzene rings is 2. The Morgan fingerprint density at radius 1 is 1.13 bits per heavy atom. The van der Waals surface area contributed by atoms with Crippen LogP contribution in [0.15, 0.2) is 64.9 Å². The topological polar surface area (TPSA) is 79.4 Å². The van der Waals surface area contributed by atoms with Crippen molar-refractivity contribution in [2.75, 3.05) is 11.9 Å². The van der Waals surface area contributed by atoms with Crippen LogP contribution in [0, 0.1) is 0 Å². The summed E-state index contributed by atoms with van der Waals surface area (Å²) in [6.07, 6.45) is 3.65. The van der Waals surface area contributed by atoms with Crippen LogP contribution in [0.4, 0.5) is 5.13 Å². The van der Waals surface area contributed by atoms with Gasteiger partial charge in [0.25, 0.3) is 5.91 Å². The number of rotatable bonds is 6. The van der Waals surface area contributed by atoms with E-state index in [1.807, 2.05) is 42.6 Å². The van der Waals surface area contributed by atoms with E-state index in [1.54, 1.807) is 16.4 Å². The predicted molar refractivity (Wildman–Crippen MR) is 124 cm³/mol. The Balaban J connectivity index is 1.47. The molecule has 3 aromatic rings. The maximum atomic E-state index is 13.1. The molecule has 0 bridgehead atoms. The fourth-order valence-corrected chi connectivity index (χ4v) is 6.34. The molecule has 2 heterocycles.